The summed E-state index contributed by atoms with van der Waals surface area (Å²) in [5.74, 6) is 0.296. The van der Waals surface area contributed by atoms with Gasteiger partial charge in [0.05, 0.1) is 0 Å². The summed E-state index contributed by atoms with van der Waals surface area (Å²) in [6.07, 6.45) is 0.943. The third-order valence-corrected chi connectivity index (χ3v) is 18.4. The van der Waals surface area contributed by atoms with Crippen LogP contribution in [0, 0.1) is 0 Å². The molecule has 0 radical (unpaired) electrons. The predicted molar refractivity (Wildman–Crippen MR) is 217 cm³/mol. The van der Waals surface area contributed by atoms with E-state index < -0.39 is 45.8 Å². The van der Waals surface area contributed by atoms with Gasteiger partial charge in [-0.2, -0.15) is 26.3 Å². The van der Waals surface area contributed by atoms with Gasteiger partial charge < -0.3 is 9.11 Å². The average molecular weight is 879 g/mol. The van der Waals surface area contributed by atoms with Gasteiger partial charge in [0.1, 0.15) is 58.7 Å². The highest BCUT2D eigenvalue weighted by atomic mass is 32.2. The molecule has 0 saturated heterocycles. The Hall–Kier alpha value is -4.75. The predicted octanol–water partition coefficient (Wildman–Crippen LogP) is 6.65. The smallest absolute Gasteiger partial charge is 0.485 e. The monoisotopic (exact) mass is 878 g/mol. The van der Waals surface area contributed by atoms with Crippen molar-refractivity contribution >= 4 is 72.4 Å². The number of carbonyl (C=O) groups excluding carboxylic acids is 1. The van der Waals surface area contributed by atoms with Crippen LogP contribution in [0.15, 0.2) is 182 Å². The second-order valence-corrected chi connectivity index (χ2v) is 22.0. The van der Waals surface area contributed by atoms with Gasteiger partial charge in [0.15, 0.2) is 20.2 Å². The van der Waals surface area contributed by atoms with Crippen molar-refractivity contribution in [2.75, 3.05) is 12.3 Å². The zero-order valence-electron chi connectivity index (χ0n) is 30.1. The van der Waals surface area contributed by atoms with E-state index in [2.05, 4.69) is 182 Å². The van der Waals surface area contributed by atoms with E-state index in [-0.39, 0.29) is 0 Å². The van der Waals surface area contributed by atoms with Crippen LogP contribution in [0.1, 0.15) is 0 Å². The van der Waals surface area contributed by atoms with Gasteiger partial charge in [0, 0.05) is 0 Å². The third kappa shape index (κ3) is 11.3. The van der Waals surface area contributed by atoms with E-state index in [9.17, 15) is 31.1 Å². The number of ketones is 1. The molecule has 6 aromatic carbocycles. The molecule has 0 heterocycles. The molecule has 0 amide bonds. The molecule has 0 aliphatic rings. The minimum absolute atomic E-state index is 0.296. The maximum atomic E-state index is 15.0. The van der Waals surface area contributed by atoms with Gasteiger partial charge in [0.25, 0.3) is 0 Å². The van der Waals surface area contributed by atoms with Crippen molar-refractivity contribution in [3.05, 3.63) is 182 Å². The van der Waals surface area contributed by atoms with E-state index >= 15 is 0 Å². The topological polar surface area (TPSA) is 131 Å². The van der Waals surface area contributed by atoms with Gasteiger partial charge in [-0.25, -0.2) is 16.8 Å². The molecule has 0 fully saturated rings. The quantitative estimate of drug-likeness (QED) is 0.0653. The van der Waals surface area contributed by atoms with Gasteiger partial charge in [-0.1, -0.05) is 109 Å². The van der Waals surface area contributed by atoms with Crippen LogP contribution in [0.3, 0.4) is 0 Å². The highest BCUT2D eigenvalue weighted by molar-refractivity contribution is 7.98. The minimum Gasteiger partial charge on any atom is -0.741 e. The Kier molecular flexibility index (Phi) is 15.3. The van der Waals surface area contributed by atoms with Gasteiger partial charge in [0.2, 0.25) is 5.78 Å². The first-order valence-electron chi connectivity index (χ1n) is 16.9. The van der Waals surface area contributed by atoms with E-state index in [0.717, 1.165) is 0 Å². The largest absolute Gasteiger partial charge is 0.741 e. The lowest BCUT2D eigenvalue weighted by Gasteiger charge is -2.30. The molecule has 0 saturated carbocycles. The number of hydrogen-bond acceptors (Lipinski definition) is 7. The van der Waals surface area contributed by atoms with E-state index in [0.29, 0.717) is 18.1 Å². The fourth-order valence-corrected chi connectivity index (χ4v) is 14.5. The fourth-order valence-electron chi connectivity index (χ4n) is 6.12. The number of halogens is 6. The highest BCUT2D eigenvalue weighted by Gasteiger charge is 2.52. The molecular weight excluding hydrogens is 845 g/mol. The summed E-state index contributed by atoms with van der Waals surface area (Å²) in [5, 5.41) is 7.41. The van der Waals surface area contributed by atoms with Crippen LogP contribution in [0.25, 0.3) is 0 Å². The molecule has 0 spiro atoms. The zero-order chi connectivity index (χ0) is 42.7. The van der Waals surface area contributed by atoms with Gasteiger partial charge in [-0.3, -0.25) is 4.79 Å². The first-order valence-corrected chi connectivity index (χ1v) is 23.7. The van der Waals surface area contributed by atoms with Crippen LogP contribution in [0.4, 0.5) is 26.3 Å². The average Bonchev–Trinajstić information content (AvgIpc) is 3.20. The molecule has 0 unspecified atom stereocenters. The van der Waals surface area contributed by atoms with Crippen LogP contribution in [-0.4, -0.2) is 55.1 Å². The lowest BCUT2D eigenvalue weighted by atomic mass is 10.3. The number of benzene rings is 6. The molecule has 58 heavy (non-hydrogen) atoms. The molecule has 0 atom stereocenters. The van der Waals surface area contributed by atoms with Crippen molar-refractivity contribution in [2.24, 2.45) is 0 Å². The van der Waals surface area contributed by atoms with E-state index in [1.807, 2.05) is 0 Å². The fraction of sp³-hybridized carbons (Fsp3) is 0.0976. The maximum Gasteiger partial charge on any atom is 0.485 e. The Labute approximate surface area is 333 Å². The Balaban J connectivity index is 0.000000393. The van der Waals surface area contributed by atoms with Gasteiger partial charge >= 0.3 is 11.0 Å². The van der Waals surface area contributed by atoms with E-state index in [4.69, 9.17) is 25.9 Å². The molecule has 0 aliphatic carbocycles. The van der Waals surface area contributed by atoms with E-state index in [1.54, 1.807) is 0 Å². The van der Waals surface area contributed by atoms with Crippen molar-refractivity contribution in [1.29, 1.82) is 0 Å². The standard InChI is InChI=1S/C39H34OP2.2CHF3O3S/c40-33(31-41(34-19-7-1-8-20-34,35-21-9-2-10-22-35)36-23-11-3-12-24-36)32-42(37-25-13-4-14-26-37,38-27-15-5-16-28-38)39-29-17-6-18-30-39;2*2-1(3,4)8(5,6)7/h1-30H,31-32H2;2*(H,5,6,7)/q+2;;/p-2. The molecule has 6 rings (SSSR count). The molecule has 0 N–H and O–H groups in total. The summed E-state index contributed by atoms with van der Waals surface area (Å²) in [7, 11) is -16.8. The summed E-state index contributed by atoms with van der Waals surface area (Å²) in [6, 6.07) is 64.3. The van der Waals surface area contributed by atoms with Crippen LogP contribution < -0.4 is 31.8 Å². The van der Waals surface area contributed by atoms with Crippen LogP contribution in [0.5, 0.6) is 0 Å². The second-order valence-electron chi connectivity index (χ2n) is 12.3. The Morgan fingerprint density at radius 2 is 0.517 bits per heavy atom. The van der Waals surface area contributed by atoms with Crippen LogP contribution in [-0.2, 0) is 25.0 Å². The molecule has 0 aliphatic heterocycles. The lowest BCUT2D eigenvalue weighted by molar-refractivity contribution is -0.114. The first kappa shape index (κ1) is 45.9. The number of alkyl halides is 6. The SMILES string of the molecule is O=C(C[P+](c1ccccc1)(c1ccccc1)c1ccccc1)C[P+](c1ccccc1)(c1ccccc1)c1ccccc1.O=S(=O)([O-])C(F)(F)F.O=S(=O)([O-])C(F)(F)F. The molecule has 17 heteroatoms. The van der Waals surface area contributed by atoms with Crippen molar-refractivity contribution in [3.8, 4) is 0 Å². The first-order chi connectivity index (χ1) is 27.2. The van der Waals surface area contributed by atoms with Crippen molar-refractivity contribution in [2.45, 2.75) is 11.0 Å². The lowest BCUT2D eigenvalue weighted by Crippen LogP contribution is -2.40. The van der Waals surface area contributed by atoms with Crippen LogP contribution in [0.2, 0.25) is 0 Å². The van der Waals surface area contributed by atoms with Gasteiger partial charge in [-0.15, -0.1) is 0 Å². The van der Waals surface area contributed by atoms with Crippen molar-refractivity contribution in [1.82, 2.24) is 0 Å². The second kappa shape index (κ2) is 19.3. The van der Waals surface area contributed by atoms with Crippen LogP contribution >= 0.6 is 14.5 Å². The summed E-state index contributed by atoms with van der Waals surface area (Å²) in [5.41, 5.74) is -11.3. The Morgan fingerprint density at radius 3 is 0.638 bits per heavy atom. The Morgan fingerprint density at radius 1 is 0.379 bits per heavy atom. The number of Topliss-reactive ketones (excluding diaryl/α,β-unsaturated/α-hetero) is 1. The third-order valence-electron chi connectivity index (χ3n) is 8.58. The highest BCUT2D eigenvalue weighted by Crippen LogP contribution is 2.59. The Bertz CT molecular complexity index is 2060. The normalized spacial score (nSPS) is 12.3. The molecule has 0 aromatic heterocycles. The summed E-state index contributed by atoms with van der Waals surface area (Å²) < 4.78 is 118. The van der Waals surface area contributed by atoms with Crippen molar-refractivity contribution < 1.29 is 57.1 Å². The minimum atomic E-state index is -6.09. The van der Waals surface area contributed by atoms with E-state index in [1.165, 1.54) is 31.8 Å². The summed E-state index contributed by atoms with van der Waals surface area (Å²) >= 11 is 0. The van der Waals surface area contributed by atoms with Gasteiger partial charge in [-0.05, 0) is 72.8 Å². The number of carbonyl (C=O) groups is 1. The zero-order valence-corrected chi connectivity index (χ0v) is 33.5. The summed E-state index contributed by atoms with van der Waals surface area (Å²) in [6.45, 7) is 0. The molecule has 304 valence electrons. The van der Waals surface area contributed by atoms with Crippen molar-refractivity contribution in [3.63, 3.8) is 0 Å². The number of hydrogen-bond donors (Lipinski definition) is 0. The molecule has 0 bridgehead atoms. The molecule has 6 aromatic rings. The summed E-state index contributed by atoms with van der Waals surface area (Å²) in [4.78, 5) is 15.0. The molecular formula is C41H34F6O7P2S2. The number of rotatable bonds is 10. The molecule has 7 nitrogen and oxygen atoms in total. The maximum absolute atomic E-state index is 15.0.